The van der Waals surface area contributed by atoms with Crippen LogP contribution in [0, 0.1) is 12.7 Å². The van der Waals surface area contributed by atoms with Crippen LogP contribution in [0.2, 0.25) is 0 Å². The minimum absolute atomic E-state index is 0.269. The van der Waals surface area contributed by atoms with Gasteiger partial charge in [-0.15, -0.1) is 5.10 Å². The third-order valence-electron chi connectivity index (χ3n) is 1.93. The van der Waals surface area contributed by atoms with Crippen LogP contribution in [0.4, 0.5) is 10.2 Å². The SMILES string of the molecule is Cc1cccc(-n2cc(N)nn2)c1F. The van der Waals surface area contributed by atoms with Crippen molar-refractivity contribution in [3.05, 3.63) is 35.8 Å². The molecule has 0 aliphatic heterocycles. The highest BCUT2D eigenvalue weighted by molar-refractivity contribution is 5.38. The Morgan fingerprint density at radius 1 is 1.43 bits per heavy atom. The average Bonchev–Trinajstić information content (AvgIpc) is 2.57. The molecule has 14 heavy (non-hydrogen) atoms. The molecule has 4 nitrogen and oxygen atoms in total. The summed E-state index contributed by atoms with van der Waals surface area (Å²) >= 11 is 0. The molecule has 0 spiro atoms. The van der Waals surface area contributed by atoms with Crippen molar-refractivity contribution in [3.63, 3.8) is 0 Å². The Bertz CT molecular complexity index is 464. The second-order valence-electron chi connectivity index (χ2n) is 3.00. The third-order valence-corrected chi connectivity index (χ3v) is 1.93. The average molecular weight is 192 g/mol. The van der Waals surface area contributed by atoms with Gasteiger partial charge in [0.05, 0.1) is 6.20 Å². The molecule has 0 amide bonds. The van der Waals surface area contributed by atoms with Crippen LogP contribution in [0.25, 0.3) is 5.69 Å². The van der Waals surface area contributed by atoms with Crippen LogP contribution in [0.5, 0.6) is 0 Å². The van der Waals surface area contributed by atoms with Gasteiger partial charge in [-0.1, -0.05) is 17.3 Å². The van der Waals surface area contributed by atoms with Gasteiger partial charge in [0.2, 0.25) is 0 Å². The number of halogens is 1. The zero-order valence-electron chi connectivity index (χ0n) is 7.61. The van der Waals surface area contributed by atoms with Crippen LogP contribution in [0.1, 0.15) is 5.56 Å². The Morgan fingerprint density at radius 3 is 2.86 bits per heavy atom. The minimum atomic E-state index is -0.308. The maximum atomic E-state index is 13.6. The molecule has 0 unspecified atom stereocenters. The Hall–Kier alpha value is -1.91. The zero-order valence-corrected chi connectivity index (χ0v) is 7.61. The van der Waals surface area contributed by atoms with Crippen LogP contribution in [-0.2, 0) is 0 Å². The fourth-order valence-electron chi connectivity index (χ4n) is 1.20. The van der Waals surface area contributed by atoms with E-state index in [9.17, 15) is 4.39 Å². The smallest absolute Gasteiger partial charge is 0.166 e. The van der Waals surface area contributed by atoms with Crippen molar-refractivity contribution in [2.45, 2.75) is 6.92 Å². The Balaban J connectivity index is 2.57. The molecule has 5 heteroatoms. The van der Waals surface area contributed by atoms with E-state index < -0.39 is 0 Å². The summed E-state index contributed by atoms with van der Waals surface area (Å²) in [7, 11) is 0. The summed E-state index contributed by atoms with van der Waals surface area (Å²) in [6, 6.07) is 5.07. The molecule has 0 bridgehead atoms. The molecule has 0 radical (unpaired) electrons. The number of aryl methyl sites for hydroxylation is 1. The van der Waals surface area contributed by atoms with Crippen molar-refractivity contribution in [2.24, 2.45) is 0 Å². The van der Waals surface area contributed by atoms with Gasteiger partial charge in [0.15, 0.2) is 11.6 Å². The molecule has 1 aromatic heterocycles. The van der Waals surface area contributed by atoms with Crippen LogP contribution in [-0.4, -0.2) is 15.0 Å². The van der Waals surface area contributed by atoms with Gasteiger partial charge >= 0.3 is 0 Å². The maximum absolute atomic E-state index is 13.6. The van der Waals surface area contributed by atoms with E-state index in [-0.39, 0.29) is 11.6 Å². The van der Waals surface area contributed by atoms with Crippen molar-refractivity contribution < 1.29 is 4.39 Å². The molecule has 0 saturated carbocycles. The van der Waals surface area contributed by atoms with Gasteiger partial charge in [-0.25, -0.2) is 9.07 Å². The normalized spacial score (nSPS) is 10.4. The molecular formula is C9H9FN4. The molecule has 0 aliphatic carbocycles. The molecule has 2 N–H and O–H groups in total. The number of aromatic nitrogens is 3. The van der Waals surface area contributed by atoms with E-state index >= 15 is 0 Å². The monoisotopic (exact) mass is 192 g/mol. The van der Waals surface area contributed by atoms with Crippen molar-refractivity contribution >= 4 is 5.82 Å². The number of anilines is 1. The highest BCUT2D eigenvalue weighted by atomic mass is 19.1. The number of nitrogens with zero attached hydrogens (tertiary/aromatic N) is 3. The quantitative estimate of drug-likeness (QED) is 0.740. The van der Waals surface area contributed by atoms with E-state index in [1.807, 2.05) is 0 Å². The first-order valence-electron chi connectivity index (χ1n) is 4.12. The molecule has 0 fully saturated rings. The van der Waals surface area contributed by atoms with Gasteiger partial charge in [-0.05, 0) is 18.6 Å². The van der Waals surface area contributed by atoms with Crippen molar-refractivity contribution in [3.8, 4) is 5.69 Å². The van der Waals surface area contributed by atoms with Gasteiger partial charge in [0.1, 0.15) is 5.69 Å². The topological polar surface area (TPSA) is 56.7 Å². The number of rotatable bonds is 1. The van der Waals surface area contributed by atoms with Gasteiger partial charge in [0, 0.05) is 0 Å². The summed E-state index contributed by atoms with van der Waals surface area (Å²) in [5.74, 6) is -0.0386. The molecular weight excluding hydrogens is 183 g/mol. The van der Waals surface area contributed by atoms with Gasteiger partial charge in [-0.2, -0.15) is 0 Å². The van der Waals surface area contributed by atoms with Crippen molar-refractivity contribution in [2.75, 3.05) is 5.73 Å². The summed E-state index contributed by atoms with van der Waals surface area (Å²) < 4.78 is 14.9. The van der Waals surface area contributed by atoms with E-state index in [4.69, 9.17) is 5.73 Å². The van der Waals surface area contributed by atoms with Gasteiger partial charge in [-0.3, -0.25) is 0 Å². The van der Waals surface area contributed by atoms with Crippen molar-refractivity contribution in [1.29, 1.82) is 0 Å². The number of nitrogens with two attached hydrogens (primary N) is 1. The highest BCUT2D eigenvalue weighted by Gasteiger charge is 2.07. The van der Waals surface area contributed by atoms with E-state index in [0.717, 1.165) is 0 Å². The van der Waals surface area contributed by atoms with Gasteiger partial charge < -0.3 is 5.73 Å². The zero-order chi connectivity index (χ0) is 10.1. The van der Waals surface area contributed by atoms with E-state index in [1.54, 1.807) is 25.1 Å². The number of hydrogen-bond acceptors (Lipinski definition) is 3. The fraction of sp³-hybridized carbons (Fsp3) is 0.111. The first-order chi connectivity index (χ1) is 6.68. The number of nitrogen functional groups attached to an aromatic ring is 1. The lowest BCUT2D eigenvalue weighted by Crippen LogP contribution is -1.99. The molecule has 2 rings (SSSR count). The third kappa shape index (κ3) is 1.32. The lowest BCUT2D eigenvalue weighted by atomic mass is 10.2. The second kappa shape index (κ2) is 3.10. The van der Waals surface area contributed by atoms with Crippen LogP contribution >= 0.6 is 0 Å². The van der Waals surface area contributed by atoms with E-state index in [0.29, 0.717) is 11.3 Å². The molecule has 0 atom stereocenters. The lowest BCUT2D eigenvalue weighted by molar-refractivity contribution is 0.598. The highest BCUT2D eigenvalue weighted by Crippen LogP contribution is 2.15. The molecule has 1 heterocycles. The maximum Gasteiger partial charge on any atom is 0.166 e. The Labute approximate surface area is 80.2 Å². The molecule has 2 aromatic rings. The van der Waals surface area contributed by atoms with Crippen LogP contribution in [0.15, 0.2) is 24.4 Å². The predicted molar refractivity (Wildman–Crippen MR) is 50.5 cm³/mol. The number of benzene rings is 1. The standard InChI is InChI=1S/C9H9FN4/c1-6-3-2-4-7(9(6)10)14-5-8(11)12-13-14/h2-5H,11H2,1H3. The van der Waals surface area contributed by atoms with E-state index in [1.165, 1.54) is 10.9 Å². The predicted octanol–water partition coefficient (Wildman–Crippen LogP) is 1.30. The largest absolute Gasteiger partial charge is 0.381 e. The lowest BCUT2D eigenvalue weighted by Gasteiger charge is -2.03. The second-order valence-corrected chi connectivity index (χ2v) is 3.00. The Morgan fingerprint density at radius 2 is 2.21 bits per heavy atom. The summed E-state index contributed by atoms with van der Waals surface area (Å²) in [5, 5.41) is 7.28. The molecule has 0 aliphatic rings. The summed E-state index contributed by atoms with van der Waals surface area (Å²) in [4.78, 5) is 0. The summed E-state index contributed by atoms with van der Waals surface area (Å²) in [5.41, 5.74) is 6.31. The van der Waals surface area contributed by atoms with Gasteiger partial charge in [0.25, 0.3) is 0 Å². The Kier molecular flexibility index (Phi) is 1.92. The molecule has 72 valence electrons. The molecule has 1 aromatic carbocycles. The van der Waals surface area contributed by atoms with E-state index in [2.05, 4.69) is 10.3 Å². The summed E-state index contributed by atoms with van der Waals surface area (Å²) in [6.45, 7) is 1.69. The minimum Gasteiger partial charge on any atom is -0.381 e. The summed E-state index contributed by atoms with van der Waals surface area (Å²) in [6.07, 6.45) is 1.47. The van der Waals surface area contributed by atoms with Crippen LogP contribution < -0.4 is 5.73 Å². The van der Waals surface area contributed by atoms with Crippen molar-refractivity contribution in [1.82, 2.24) is 15.0 Å². The number of hydrogen-bond donors (Lipinski definition) is 1. The molecule has 0 saturated heterocycles. The first-order valence-corrected chi connectivity index (χ1v) is 4.12. The van der Waals surface area contributed by atoms with Crippen LogP contribution in [0.3, 0.4) is 0 Å². The fourth-order valence-corrected chi connectivity index (χ4v) is 1.20. The first kappa shape index (κ1) is 8.68.